The summed E-state index contributed by atoms with van der Waals surface area (Å²) >= 11 is 0. The highest BCUT2D eigenvalue weighted by atomic mass is 16.4. The van der Waals surface area contributed by atoms with Crippen molar-refractivity contribution in [1.29, 1.82) is 0 Å². The highest BCUT2D eigenvalue weighted by Gasteiger charge is 2.32. The topological polar surface area (TPSA) is 40.5 Å². The van der Waals surface area contributed by atoms with Crippen molar-refractivity contribution in [2.75, 3.05) is 19.6 Å². The largest absolute Gasteiger partial charge is 0.481 e. The summed E-state index contributed by atoms with van der Waals surface area (Å²) in [6.45, 7) is 4.94. The molecule has 3 heteroatoms. The zero-order valence-corrected chi connectivity index (χ0v) is 10.9. The van der Waals surface area contributed by atoms with E-state index in [0.717, 1.165) is 19.5 Å². The predicted molar refractivity (Wildman–Crippen MR) is 71.7 cm³/mol. The van der Waals surface area contributed by atoms with Crippen molar-refractivity contribution in [1.82, 2.24) is 4.90 Å². The lowest BCUT2D eigenvalue weighted by molar-refractivity contribution is -0.137. The molecule has 2 rings (SSSR count). The number of carboxylic acids is 1. The second-order valence-corrected chi connectivity index (χ2v) is 5.45. The number of piperidine rings is 1. The van der Waals surface area contributed by atoms with Gasteiger partial charge in [-0.2, -0.15) is 0 Å². The van der Waals surface area contributed by atoms with Crippen LogP contribution in [0.4, 0.5) is 0 Å². The van der Waals surface area contributed by atoms with Crippen LogP contribution in [0.25, 0.3) is 0 Å². The van der Waals surface area contributed by atoms with Gasteiger partial charge in [0.05, 0.1) is 6.42 Å². The van der Waals surface area contributed by atoms with Gasteiger partial charge >= 0.3 is 5.97 Å². The Morgan fingerprint density at radius 1 is 1.39 bits per heavy atom. The van der Waals surface area contributed by atoms with Gasteiger partial charge in [-0.05, 0) is 24.9 Å². The van der Waals surface area contributed by atoms with Crippen LogP contribution in [0.3, 0.4) is 0 Å². The van der Waals surface area contributed by atoms with Crippen molar-refractivity contribution < 1.29 is 9.90 Å². The fraction of sp³-hybridized carbons (Fsp3) is 0.533. The second-order valence-electron chi connectivity index (χ2n) is 5.45. The van der Waals surface area contributed by atoms with E-state index in [-0.39, 0.29) is 11.8 Å². The molecule has 98 valence electrons. The van der Waals surface area contributed by atoms with E-state index in [1.807, 2.05) is 6.07 Å². The lowest BCUT2D eigenvalue weighted by Gasteiger charge is -2.40. The van der Waals surface area contributed by atoms with Crippen LogP contribution >= 0.6 is 0 Å². The molecule has 0 radical (unpaired) electrons. The van der Waals surface area contributed by atoms with Gasteiger partial charge in [0, 0.05) is 18.5 Å². The number of carbonyl (C=O) groups is 1. The molecule has 1 aromatic carbocycles. The first-order valence-corrected chi connectivity index (χ1v) is 6.60. The van der Waals surface area contributed by atoms with E-state index in [1.54, 1.807) is 0 Å². The first kappa shape index (κ1) is 13.1. The third-order valence-corrected chi connectivity index (χ3v) is 3.89. The summed E-state index contributed by atoms with van der Waals surface area (Å²) in [5.41, 5.74) is 1.53. The van der Waals surface area contributed by atoms with Crippen molar-refractivity contribution in [2.45, 2.75) is 31.6 Å². The number of hydrogen-bond acceptors (Lipinski definition) is 2. The molecule has 0 spiro atoms. The number of hydrogen-bond donors (Lipinski definition) is 1. The molecule has 0 aliphatic carbocycles. The lowest BCUT2D eigenvalue weighted by Crippen LogP contribution is -2.44. The molecule has 18 heavy (non-hydrogen) atoms. The number of likely N-dealkylation sites (tertiary alicyclic amines) is 1. The summed E-state index contributed by atoms with van der Waals surface area (Å²) in [5.74, 6) is -0.706. The van der Waals surface area contributed by atoms with Crippen LogP contribution in [0, 0.1) is 0 Å². The number of rotatable bonds is 4. The second kappa shape index (κ2) is 5.53. The van der Waals surface area contributed by atoms with Gasteiger partial charge in [-0.25, -0.2) is 0 Å². The molecule has 1 aliphatic rings. The number of nitrogens with zero attached hydrogens (tertiary/aromatic N) is 1. The molecule has 1 fully saturated rings. The molecule has 0 saturated carbocycles. The molecule has 1 aromatic rings. The van der Waals surface area contributed by atoms with E-state index >= 15 is 0 Å². The fourth-order valence-corrected chi connectivity index (χ4v) is 2.87. The Morgan fingerprint density at radius 2 is 2.11 bits per heavy atom. The molecule has 1 unspecified atom stereocenters. The van der Waals surface area contributed by atoms with E-state index in [1.165, 1.54) is 12.0 Å². The smallest absolute Gasteiger partial charge is 0.304 e. The molecule has 1 atom stereocenters. The average Bonchev–Trinajstić information content (AvgIpc) is 2.38. The highest BCUT2D eigenvalue weighted by Crippen LogP contribution is 2.33. The zero-order valence-electron chi connectivity index (χ0n) is 10.9. The van der Waals surface area contributed by atoms with Gasteiger partial charge < -0.3 is 10.0 Å². The number of aliphatic carboxylic acids is 1. The minimum atomic E-state index is -0.706. The SMILES string of the molecule is CC1(c2ccccc2)CCCN(CCC(=O)O)C1. The van der Waals surface area contributed by atoms with Crippen LogP contribution in [0.1, 0.15) is 31.7 Å². The Labute approximate surface area is 108 Å². The molecule has 1 heterocycles. The summed E-state index contributed by atoms with van der Waals surface area (Å²) in [4.78, 5) is 12.9. The Balaban J connectivity index is 2.03. The van der Waals surface area contributed by atoms with Crippen molar-refractivity contribution in [3.63, 3.8) is 0 Å². The van der Waals surface area contributed by atoms with E-state index in [2.05, 4.69) is 36.1 Å². The molecule has 3 nitrogen and oxygen atoms in total. The lowest BCUT2D eigenvalue weighted by atomic mass is 9.76. The van der Waals surface area contributed by atoms with Crippen LogP contribution in [0.2, 0.25) is 0 Å². The van der Waals surface area contributed by atoms with Gasteiger partial charge in [0.1, 0.15) is 0 Å². The van der Waals surface area contributed by atoms with Crippen LogP contribution in [-0.2, 0) is 10.2 Å². The van der Waals surface area contributed by atoms with Gasteiger partial charge in [0.2, 0.25) is 0 Å². The molecule has 1 N–H and O–H groups in total. The summed E-state index contributed by atoms with van der Waals surface area (Å²) in [6.07, 6.45) is 2.57. The monoisotopic (exact) mass is 247 g/mol. The van der Waals surface area contributed by atoms with Crippen LogP contribution in [0.5, 0.6) is 0 Å². The van der Waals surface area contributed by atoms with Crippen LogP contribution in [0.15, 0.2) is 30.3 Å². The maximum atomic E-state index is 10.6. The highest BCUT2D eigenvalue weighted by molar-refractivity contribution is 5.66. The fourth-order valence-electron chi connectivity index (χ4n) is 2.87. The average molecular weight is 247 g/mol. The molecule has 0 bridgehead atoms. The third-order valence-electron chi connectivity index (χ3n) is 3.89. The standard InChI is InChI=1S/C15H21NO2/c1-15(13-6-3-2-4-7-13)9-5-10-16(12-15)11-8-14(17)18/h2-4,6-7H,5,8-12H2,1H3,(H,17,18). The van der Waals surface area contributed by atoms with Gasteiger partial charge in [-0.3, -0.25) is 4.79 Å². The Bertz CT molecular complexity index is 404. The normalized spacial score (nSPS) is 24.9. The summed E-state index contributed by atoms with van der Waals surface area (Å²) < 4.78 is 0. The minimum absolute atomic E-state index is 0.165. The molecule has 0 aromatic heterocycles. The Morgan fingerprint density at radius 3 is 2.78 bits per heavy atom. The number of carboxylic acid groups (broad SMARTS) is 1. The van der Waals surface area contributed by atoms with E-state index < -0.39 is 5.97 Å². The first-order valence-electron chi connectivity index (χ1n) is 6.60. The molecular weight excluding hydrogens is 226 g/mol. The quantitative estimate of drug-likeness (QED) is 0.888. The van der Waals surface area contributed by atoms with Gasteiger partial charge in [0.25, 0.3) is 0 Å². The van der Waals surface area contributed by atoms with Crippen LogP contribution in [-0.4, -0.2) is 35.6 Å². The van der Waals surface area contributed by atoms with Crippen molar-refractivity contribution in [2.24, 2.45) is 0 Å². The van der Waals surface area contributed by atoms with Gasteiger partial charge in [-0.15, -0.1) is 0 Å². The summed E-state index contributed by atoms with van der Waals surface area (Å²) in [6, 6.07) is 10.6. The van der Waals surface area contributed by atoms with Crippen LogP contribution < -0.4 is 0 Å². The maximum absolute atomic E-state index is 10.6. The summed E-state index contributed by atoms with van der Waals surface area (Å²) in [5, 5.41) is 8.76. The maximum Gasteiger partial charge on any atom is 0.304 e. The number of benzene rings is 1. The third kappa shape index (κ3) is 3.10. The van der Waals surface area contributed by atoms with Crippen molar-refractivity contribution in [3.8, 4) is 0 Å². The van der Waals surface area contributed by atoms with Crippen molar-refractivity contribution >= 4 is 5.97 Å². The zero-order chi connectivity index (χ0) is 13.0. The molecule has 0 amide bonds. The molecular formula is C15H21NO2. The first-order chi connectivity index (χ1) is 8.60. The summed E-state index contributed by atoms with van der Waals surface area (Å²) in [7, 11) is 0. The van der Waals surface area contributed by atoms with E-state index in [4.69, 9.17) is 5.11 Å². The Kier molecular flexibility index (Phi) is 4.02. The van der Waals surface area contributed by atoms with Gasteiger partial charge in [-0.1, -0.05) is 37.3 Å². The predicted octanol–water partition coefficient (Wildman–Crippen LogP) is 2.51. The van der Waals surface area contributed by atoms with E-state index in [0.29, 0.717) is 6.54 Å². The minimum Gasteiger partial charge on any atom is -0.481 e. The van der Waals surface area contributed by atoms with Gasteiger partial charge in [0.15, 0.2) is 0 Å². The molecule has 1 aliphatic heterocycles. The van der Waals surface area contributed by atoms with Crippen molar-refractivity contribution in [3.05, 3.63) is 35.9 Å². The Hall–Kier alpha value is -1.35. The molecule has 1 saturated heterocycles. The van der Waals surface area contributed by atoms with E-state index in [9.17, 15) is 4.79 Å².